The SMILES string of the molecule is CCCCCCC1CN1C(N1CC1CCCCCC)C(C(=O)O)(N1CC1CCCCCC)N1CC1CCCCCC. The quantitative estimate of drug-likeness (QED) is 0.0843. The first-order chi connectivity index (χ1) is 20.0. The van der Waals surface area contributed by atoms with Crippen molar-refractivity contribution >= 4 is 5.97 Å². The third kappa shape index (κ3) is 8.70. The lowest BCUT2D eigenvalue weighted by atomic mass is 10.0. The van der Waals surface area contributed by atoms with Crippen LogP contribution in [0.2, 0.25) is 0 Å². The van der Waals surface area contributed by atoms with E-state index in [4.69, 9.17) is 0 Å². The van der Waals surface area contributed by atoms with E-state index in [0.717, 1.165) is 39.0 Å². The van der Waals surface area contributed by atoms with Crippen molar-refractivity contribution in [2.24, 2.45) is 0 Å². The number of aliphatic carboxylic acids is 1. The monoisotopic (exact) mass is 575 g/mol. The predicted molar refractivity (Wildman–Crippen MR) is 171 cm³/mol. The average Bonchev–Trinajstić information content (AvgIpc) is 3.77. The zero-order valence-corrected chi connectivity index (χ0v) is 27.5. The number of unbranched alkanes of at least 4 members (excludes halogenated alkanes) is 12. The molecule has 238 valence electrons. The van der Waals surface area contributed by atoms with E-state index in [0.29, 0.717) is 24.2 Å². The number of nitrogens with zero attached hydrogens (tertiary/aromatic N) is 4. The summed E-state index contributed by atoms with van der Waals surface area (Å²) in [6.45, 7) is 13.2. The Bertz CT molecular complexity index is 725. The van der Waals surface area contributed by atoms with Crippen LogP contribution in [0, 0.1) is 0 Å². The van der Waals surface area contributed by atoms with Gasteiger partial charge >= 0.3 is 5.97 Å². The summed E-state index contributed by atoms with van der Waals surface area (Å²) in [5.74, 6) is -0.567. The first-order valence-corrected chi connectivity index (χ1v) is 18.3. The molecule has 4 aliphatic heterocycles. The van der Waals surface area contributed by atoms with Crippen LogP contribution < -0.4 is 0 Å². The van der Waals surface area contributed by atoms with Crippen molar-refractivity contribution < 1.29 is 9.90 Å². The second-order valence-corrected chi connectivity index (χ2v) is 14.1. The van der Waals surface area contributed by atoms with Crippen molar-refractivity contribution in [3.63, 3.8) is 0 Å². The van der Waals surface area contributed by atoms with Crippen molar-refractivity contribution in [3.05, 3.63) is 0 Å². The minimum atomic E-state index is -0.874. The lowest BCUT2D eigenvalue weighted by Crippen LogP contribution is -2.67. The number of carbonyl (C=O) groups is 1. The van der Waals surface area contributed by atoms with Gasteiger partial charge in [-0.15, -0.1) is 0 Å². The summed E-state index contributed by atoms with van der Waals surface area (Å²) < 4.78 is 0. The minimum Gasteiger partial charge on any atom is -0.479 e. The number of carboxylic acid groups (broad SMARTS) is 1. The van der Waals surface area contributed by atoms with Gasteiger partial charge in [-0.2, -0.15) is 0 Å². The molecular weight excluding hydrogens is 508 g/mol. The van der Waals surface area contributed by atoms with E-state index in [1.165, 1.54) is 116 Å². The predicted octanol–water partition coefficient (Wildman–Crippen LogP) is 7.71. The van der Waals surface area contributed by atoms with Crippen molar-refractivity contribution in [2.75, 3.05) is 26.2 Å². The molecule has 0 spiro atoms. The topological polar surface area (TPSA) is 49.3 Å². The van der Waals surface area contributed by atoms with Gasteiger partial charge < -0.3 is 5.11 Å². The maximum atomic E-state index is 13.8. The summed E-state index contributed by atoms with van der Waals surface area (Å²) in [5.41, 5.74) is -0.874. The first-order valence-electron chi connectivity index (χ1n) is 18.3. The molecule has 6 nitrogen and oxygen atoms in total. The molecule has 4 aliphatic rings. The van der Waals surface area contributed by atoms with Gasteiger partial charge in [-0.25, -0.2) is 4.79 Å². The van der Waals surface area contributed by atoms with Gasteiger partial charge in [0, 0.05) is 50.3 Å². The molecule has 8 unspecified atom stereocenters. The Morgan fingerprint density at radius 1 is 0.561 bits per heavy atom. The van der Waals surface area contributed by atoms with Crippen molar-refractivity contribution in [1.29, 1.82) is 0 Å². The second-order valence-electron chi connectivity index (χ2n) is 14.1. The highest BCUT2D eigenvalue weighted by Gasteiger charge is 2.72. The molecule has 0 aromatic carbocycles. The van der Waals surface area contributed by atoms with Crippen molar-refractivity contribution in [2.45, 2.75) is 192 Å². The van der Waals surface area contributed by atoms with E-state index in [9.17, 15) is 9.90 Å². The summed E-state index contributed by atoms with van der Waals surface area (Å²) >= 11 is 0. The van der Waals surface area contributed by atoms with Crippen LogP contribution in [0.15, 0.2) is 0 Å². The van der Waals surface area contributed by atoms with Gasteiger partial charge in [-0.05, 0) is 25.7 Å². The summed E-state index contributed by atoms with van der Waals surface area (Å²) in [4.78, 5) is 24.0. The standard InChI is InChI=1S/C35H66N4O2/c1-5-9-13-17-21-29-25-36(29)33(37-26-30(37)22-18-14-10-6-2)35(34(40)41,38-27-31(38)23-19-15-11-7-3)39-28-32(39)24-20-16-12-8-4/h29-33H,5-28H2,1-4H3,(H,40,41). The van der Waals surface area contributed by atoms with E-state index in [2.05, 4.69) is 47.3 Å². The van der Waals surface area contributed by atoms with Crippen LogP contribution in [-0.2, 0) is 4.79 Å². The van der Waals surface area contributed by atoms with Gasteiger partial charge in [0.1, 0.15) is 6.17 Å². The van der Waals surface area contributed by atoms with Gasteiger partial charge in [0.2, 0.25) is 5.66 Å². The average molecular weight is 575 g/mol. The zero-order chi connectivity index (χ0) is 29.2. The molecule has 0 aromatic heterocycles. The molecule has 0 aromatic rings. The fourth-order valence-electron chi connectivity index (χ4n) is 7.89. The molecule has 0 amide bonds. The third-order valence-corrected chi connectivity index (χ3v) is 10.7. The molecule has 0 radical (unpaired) electrons. The lowest BCUT2D eigenvalue weighted by Gasteiger charge is -2.43. The molecule has 41 heavy (non-hydrogen) atoms. The first kappa shape index (κ1) is 33.2. The minimum absolute atomic E-state index is 0.00799. The van der Waals surface area contributed by atoms with E-state index >= 15 is 0 Å². The highest BCUT2D eigenvalue weighted by molar-refractivity contribution is 5.81. The van der Waals surface area contributed by atoms with Gasteiger partial charge in [0.05, 0.1) is 0 Å². The molecule has 4 rings (SSSR count). The number of hydrogen-bond donors (Lipinski definition) is 1. The number of rotatable bonds is 26. The molecule has 4 fully saturated rings. The van der Waals surface area contributed by atoms with Crippen LogP contribution in [0.5, 0.6) is 0 Å². The van der Waals surface area contributed by atoms with Crippen LogP contribution in [0.3, 0.4) is 0 Å². The van der Waals surface area contributed by atoms with Crippen LogP contribution in [0.4, 0.5) is 0 Å². The van der Waals surface area contributed by atoms with E-state index < -0.39 is 11.6 Å². The van der Waals surface area contributed by atoms with E-state index in [1.807, 2.05) is 0 Å². The van der Waals surface area contributed by atoms with Gasteiger partial charge in [-0.1, -0.05) is 130 Å². The normalized spacial score (nSPS) is 33.8. The molecule has 0 bridgehead atoms. The molecule has 4 saturated heterocycles. The summed E-state index contributed by atoms with van der Waals surface area (Å²) in [6.07, 6.45) is 25.4. The number of carboxylic acids is 1. The molecule has 0 aliphatic carbocycles. The smallest absolute Gasteiger partial charge is 0.342 e. The Labute approximate surface area is 253 Å². The second kappa shape index (κ2) is 16.4. The lowest BCUT2D eigenvalue weighted by molar-refractivity contribution is -0.165. The fraction of sp³-hybridized carbons (Fsp3) is 0.971. The van der Waals surface area contributed by atoms with Gasteiger partial charge in [-0.3, -0.25) is 19.6 Å². The fourth-order valence-corrected chi connectivity index (χ4v) is 7.89. The Balaban J connectivity index is 1.52. The zero-order valence-electron chi connectivity index (χ0n) is 27.5. The van der Waals surface area contributed by atoms with Crippen LogP contribution in [0.1, 0.15) is 156 Å². The van der Waals surface area contributed by atoms with E-state index in [-0.39, 0.29) is 6.17 Å². The van der Waals surface area contributed by atoms with Crippen LogP contribution in [-0.4, -0.2) is 92.9 Å². The highest BCUT2D eigenvalue weighted by Crippen LogP contribution is 2.51. The summed E-state index contributed by atoms with van der Waals surface area (Å²) in [7, 11) is 0. The molecule has 0 saturated carbocycles. The van der Waals surface area contributed by atoms with Crippen LogP contribution >= 0.6 is 0 Å². The molecule has 8 atom stereocenters. The third-order valence-electron chi connectivity index (χ3n) is 10.7. The Morgan fingerprint density at radius 2 is 0.902 bits per heavy atom. The maximum absolute atomic E-state index is 13.8. The summed E-state index contributed by atoms with van der Waals surface area (Å²) in [5, 5.41) is 11.4. The van der Waals surface area contributed by atoms with Gasteiger partial charge in [0.15, 0.2) is 0 Å². The van der Waals surface area contributed by atoms with Crippen molar-refractivity contribution in [3.8, 4) is 0 Å². The Morgan fingerprint density at radius 3 is 1.22 bits per heavy atom. The molecular formula is C35H66N4O2. The Kier molecular flexibility index (Phi) is 13.3. The van der Waals surface area contributed by atoms with Gasteiger partial charge in [0.25, 0.3) is 0 Å². The summed E-state index contributed by atoms with van der Waals surface area (Å²) in [6, 6.07) is 2.03. The van der Waals surface area contributed by atoms with Crippen LogP contribution in [0.25, 0.3) is 0 Å². The van der Waals surface area contributed by atoms with Crippen molar-refractivity contribution in [1.82, 2.24) is 19.6 Å². The maximum Gasteiger partial charge on any atom is 0.342 e. The molecule has 1 N–H and O–H groups in total. The van der Waals surface area contributed by atoms with E-state index in [1.54, 1.807) is 0 Å². The Hall–Kier alpha value is -0.690. The highest BCUT2D eigenvalue weighted by atomic mass is 16.4. The number of hydrogen-bond acceptors (Lipinski definition) is 5. The molecule has 6 heteroatoms. The largest absolute Gasteiger partial charge is 0.479 e. The molecule has 4 heterocycles.